The van der Waals surface area contributed by atoms with Crippen molar-refractivity contribution in [3.8, 4) is 5.75 Å². The Morgan fingerprint density at radius 1 is 1.14 bits per heavy atom. The summed E-state index contributed by atoms with van der Waals surface area (Å²) in [5.74, 6) is -1.32. The third-order valence-electron chi connectivity index (χ3n) is 6.43. The summed E-state index contributed by atoms with van der Waals surface area (Å²) in [6, 6.07) is 14.0. The van der Waals surface area contributed by atoms with Crippen LogP contribution in [-0.4, -0.2) is 23.3 Å². The number of rotatable bonds is 7. The highest BCUT2D eigenvalue weighted by Gasteiger charge is 2.45. The number of hydrogen-bond acceptors (Lipinski definition) is 6. The van der Waals surface area contributed by atoms with Crippen LogP contribution in [0.5, 0.6) is 5.75 Å². The number of esters is 1. The van der Waals surface area contributed by atoms with Crippen molar-refractivity contribution in [1.82, 2.24) is 4.57 Å². The number of aromatic nitrogens is 1. The van der Waals surface area contributed by atoms with E-state index in [0.29, 0.717) is 25.5 Å². The molecule has 0 bridgehead atoms. The summed E-state index contributed by atoms with van der Waals surface area (Å²) >= 11 is 10.9. The lowest BCUT2D eigenvalue weighted by Crippen LogP contribution is -2.41. The first-order valence-corrected chi connectivity index (χ1v) is 16.1. The van der Waals surface area contributed by atoms with Crippen LogP contribution < -0.4 is 19.6 Å². The first kappa shape index (κ1) is 32.6. The number of alkyl halides is 3. The molecule has 1 aliphatic heterocycles. The molecule has 228 valence electrons. The molecular weight excluding hydrogens is 850 g/mol. The van der Waals surface area contributed by atoms with Gasteiger partial charge in [0, 0.05) is 19.7 Å². The minimum Gasteiger partial charge on any atom is -0.487 e. The number of carbonyl (C=O) groups excluding carboxylic acids is 1. The first-order chi connectivity index (χ1) is 20.9. The van der Waals surface area contributed by atoms with Gasteiger partial charge in [0.05, 0.1) is 26.3 Å². The zero-order valence-corrected chi connectivity index (χ0v) is 28.3. The van der Waals surface area contributed by atoms with Gasteiger partial charge >= 0.3 is 12.1 Å². The molecule has 1 aliphatic rings. The van der Waals surface area contributed by atoms with Gasteiger partial charge in [-0.1, -0.05) is 53.3 Å². The lowest BCUT2D eigenvalue weighted by Gasteiger charge is -2.26. The molecule has 0 saturated carbocycles. The molecule has 5 rings (SSSR count). The van der Waals surface area contributed by atoms with Crippen molar-refractivity contribution >= 4 is 80.2 Å². The summed E-state index contributed by atoms with van der Waals surface area (Å²) in [6.45, 7) is 1.18. The maximum absolute atomic E-state index is 14.4. The molecule has 1 atom stereocenters. The van der Waals surface area contributed by atoms with E-state index in [1.54, 1.807) is 24.3 Å². The van der Waals surface area contributed by atoms with E-state index in [0.717, 1.165) is 19.5 Å². The molecule has 0 aliphatic carbocycles. The molecule has 0 radical (unpaired) electrons. The van der Waals surface area contributed by atoms with E-state index in [2.05, 4.69) is 50.2 Å². The average Bonchev–Trinajstić information content (AvgIpc) is 3.27. The van der Waals surface area contributed by atoms with Crippen LogP contribution in [0.15, 0.2) is 81.7 Å². The molecule has 14 heteroatoms. The number of halogens is 7. The summed E-state index contributed by atoms with van der Waals surface area (Å²) in [4.78, 5) is 30.5. The Morgan fingerprint density at radius 3 is 2.50 bits per heavy atom. The lowest BCUT2D eigenvalue weighted by atomic mass is 9.95. The Labute approximate surface area is 284 Å². The molecule has 0 fully saturated rings. The maximum atomic E-state index is 14.4. The highest BCUT2D eigenvalue weighted by molar-refractivity contribution is 14.1. The van der Waals surface area contributed by atoms with Crippen molar-refractivity contribution in [2.75, 3.05) is 6.61 Å². The molecule has 2 heterocycles. The molecule has 1 aromatic heterocycles. The molecule has 0 amide bonds. The third-order valence-corrected chi connectivity index (χ3v) is 9.09. The second-order valence-corrected chi connectivity index (χ2v) is 13.2. The minimum absolute atomic E-state index is 0.0443. The Bertz CT molecular complexity index is 1970. The second-order valence-electron chi connectivity index (χ2n) is 9.30. The molecular formula is C30H19ClF4I2N2O4S. The normalized spacial score (nSPS) is 15.2. The summed E-state index contributed by atoms with van der Waals surface area (Å²) < 4.78 is 71.0. The second kappa shape index (κ2) is 13.3. The van der Waals surface area contributed by atoms with Gasteiger partial charge < -0.3 is 9.47 Å². The third kappa shape index (κ3) is 6.74. The maximum Gasteiger partial charge on any atom is 0.434 e. The van der Waals surface area contributed by atoms with E-state index in [1.807, 2.05) is 6.07 Å². The van der Waals surface area contributed by atoms with E-state index in [4.69, 9.17) is 21.1 Å². The summed E-state index contributed by atoms with van der Waals surface area (Å²) in [6.07, 6.45) is -3.54. The standard InChI is InChI=1S/C30H19ClF4I2N2O4S/c1-2-42-28(41)23-24(15-7-9-18(31)10-8-15)39-27(40)22(44-29(39)38-26(23)30(33,34)35)12-17-11-19(36)13-21(37)25(17)43-14-16-5-3-4-6-20(16)32/h3-13,24H,2,14H2,1H3/b22-12-/t24-/m0/s1. The Hall–Kier alpha value is -2.76. The van der Waals surface area contributed by atoms with Gasteiger partial charge in [-0.2, -0.15) is 13.2 Å². The fourth-order valence-electron chi connectivity index (χ4n) is 4.55. The van der Waals surface area contributed by atoms with Gasteiger partial charge in [0.25, 0.3) is 5.56 Å². The van der Waals surface area contributed by atoms with E-state index >= 15 is 0 Å². The van der Waals surface area contributed by atoms with Gasteiger partial charge in [0.1, 0.15) is 18.2 Å². The Morgan fingerprint density at radius 2 is 1.84 bits per heavy atom. The van der Waals surface area contributed by atoms with Gasteiger partial charge in [0.2, 0.25) is 0 Å². The number of allylic oxidation sites excluding steroid dienone is 1. The fraction of sp³-hybridized carbons (Fsp3) is 0.167. The van der Waals surface area contributed by atoms with Crippen LogP contribution in [-0.2, 0) is 16.1 Å². The number of nitrogens with zero attached hydrogens (tertiary/aromatic N) is 2. The predicted molar refractivity (Wildman–Crippen MR) is 175 cm³/mol. The van der Waals surface area contributed by atoms with E-state index in [1.165, 1.54) is 43.3 Å². The van der Waals surface area contributed by atoms with Gasteiger partial charge in [0.15, 0.2) is 10.5 Å². The van der Waals surface area contributed by atoms with E-state index in [-0.39, 0.29) is 28.1 Å². The minimum atomic E-state index is -5.03. The van der Waals surface area contributed by atoms with Gasteiger partial charge in [-0.3, -0.25) is 9.36 Å². The van der Waals surface area contributed by atoms with Gasteiger partial charge in [-0.15, -0.1) is 0 Å². The monoisotopic (exact) mass is 868 g/mol. The van der Waals surface area contributed by atoms with Crippen molar-refractivity contribution in [2.45, 2.75) is 25.7 Å². The van der Waals surface area contributed by atoms with Gasteiger partial charge in [-0.05, 0) is 94.1 Å². The SMILES string of the molecule is CCOC(=O)C1=C(C(F)(F)F)N=c2s/c(=C\c3cc(I)cc(I)c3OCc3ccccc3F)c(=O)n2[C@H]1c1ccc(Cl)cc1. The first-order valence-electron chi connectivity index (χ1n) is 12.8. The quantitative estimate of drug-likeness (QED) is 0.115. The van der Waals surface area contributed by atoms with Crippen LogP contribution in [0.4, 0.5) is 17.6 Å². The number of hydrogen-bond donors (Lipinski definition) is 0. The topological polar surface area (TPSA) is 69.9 Å². The molecule has 0 spiro atoms. The molecule has 3 aromatic carbocycles. The number of carbonyl (C=O) groups is 1. The zero-order chi connectivity index (χ0) is 31.8. The molecule has 0 saturated heterocycles. The Kier molecular flexibility index (Phi) is 9.87. The number of fused-ring (bicyclic) bond motifs is 1. The highest BCUT2D eigenvalue weighted by atomic mass is 127. The zero-order valence-electron chi connectivity index (χ0n) is 22.4. The number of ether oxygens (including phenoxy) is 2. The van der Waals surface area contributed by atoms with Crippen molar-refractivity contribution in [1.29, 1.82) is 0 Å². The van der Waals surface area contributed by atoms with Gasteiger partial charge in [-0.25, -0.2) is 14.2 Å². The number of benzene rings is 3. The summed E-state index contributed by atoms with van der Waals surface area (Å²) in [5, 5.41) is 0.315. The fourth-order valence-corrected chi connectivity index (χ4v) is 7.71. The van der Waals surface area contributed by atoms with Crippen LogP contribution in [0.25, 0.3) is 6.08 Å². The van der Waals surface area contributed by atoms with Crippen LogP contribution in [0.1, 0.15) is 29.7 Å². The van der Waals surface area contributed by atoms with Crippen molar-refractivity contribution in [3.05, 3.63) is 126 Å². The highest BCUT2D eigenvalue weighted by Crippen LogP contribution is 2.38. The Balaban J connectivity index is 1.72. The average molecular weight is 869 g/mol. The summed E-state index contributed by atoms with van der Waals surface area (Å²) in [7, 11) is 0. The molecule has 6 nitrogen and oxygen atoms in total. The smallest absolute Gasteiger partial charge is 0.434 e. The predicted octanol–water partition coefficient (Wildman–Crippen LogP) is 6.92. The van der Waals surface area contributed by atoms with Crippen molar-refractivity contribution in [3.63, 3.8) is 0 Å². The molecule has 4 aromatic rings. The number of thiazole rings is 1. The lowest BCUT2D eigenvalue weighted by molar-refractivity contribution is -0.140. The van der Waals surface area contributed by atoms with E-state index in [9.17, 15) is 27.2 Å². The van der Waals surface area contributed by atoms with Crippen LogP contribution in [0.2, 0.25) is 5.02 Å². The van der Waals surface area contributed by atoms with Crippen molar-refractivity contribution < 1.29 is 31.8 Å². The van der Waals surface area contributed by atoms with Crippen LogP contribution in [0.3, 0.4) is 0 Å². The van der Waals surface area contributed by atoms with E-state index < -0.39 is 40.8 Å². The molecule has 44 heavy (non-hydrogen) atoms. The van der Waals surface area contributed by atoms with Crippen LogP contribution >= 0.6 is 68.1 Å². The summed E-state index contributed by atoms with van der Waals surface area (Å²) in [5.41, 5.74) is -1.95. The van der Waals surface area contributed by atoms with Crippen molar-refractivity contribution in [2.24, 2.45) is 4.99 Å². The molecule has 0 N–H and O–H groups in total. The molecule has 0 unspecified atom stereocenters. The van der Waals surface area contributed by atoms with Crippen LogP contribution in [0, 0.1) is 13.0 Å². The largest absolute Gasteiger partial charge is 0.487 e.